The number of carbonyl (C=O) groups is 1. The number of hydrogen-bond donors (Lipinski definition) is 0. The minimum atomic E-state index is -0.509. The third-order valence-corrected chi connectivity index (χ3v) is 6.59. The molecule has 0 aliphatic carbocycles. The fraction of sp³-hybridized carbons (Fsp3) is 0.391. The third kappa shape index (κ3) is 2.57. The Morgan fingerprint density at radius 3 is 2.70 bits per heavy atom. The lowest BCUT2D eigenvalue weighted by Crippen LogP contribution is -2.60. The van der Waals surface area contributed by atoms with Gasteiger partial charge in [0.2, 0.25) is 5.95 Å². The number of carbonyl (C=O) groups excluding carboxylic acids is 1. The highest BCUT2D eigenvalue weighted by atomic mass is 16.1. The van der Waals surface area contributed by atoms with Crippen molar-refractivity contribution in [3.05, 3.63) is 48.9 Å². The fourth-order valence-electron chi connectivity index (χ4n) is 4.99. The molecular formula is C23H26N6O. The van der Waals surface area contributed by atoms with Crippen molar-refractivity contribution in [2.45, 2.75) is 44.7 Å². The number of benzene rings is 1. The van der Waals surface area contributed by atoms with Gasteiger partial charge < -0.3 is 9.80 Å². The molecule has 0 amide bonds. The Hall–Kier alpha value is -3.22. The molecule has 0 spiro atoms. The maximum absolute atomic E-state index is 13.1. The third-order valence-electron chi connectivity index (χ3n) is 6.59. The molecule has 2 aliphatic rings. The lowest BCUT2D eigenvalue weighted by Gasteiger charge is -2.47. The van der Waals surface area contributed by atoms with Crippen molar-refractivity contribution in [2.24, 2.45) is 0 Å². The van der Waals surface area contributed by atoms with Crippen LogP contribution in [-0.2, 0) is 4.79 Å². The summed E-state index contributed by atoms with van der Waals surface area (Å²) >= 11 is 0. The van der Waals surface area contributed by atoms with Crippen molar-refractivity contribution in [3.63, 3.8) is 0 Å². The van der Waals surface area contributed by atoms with Gasteiger partial charge in [-0.15, -0.1) is 0 Å². The lowest BCUT2D eigenvalue weighted by atomic mass is 9.89. The molecule has 154 valence electrons. The summed E-state index contributed by atoms with van der Waals surface area (Å²) < 4.78 is 1.91. The quantitative estimate of drug-likeness (QED) is 0.666. The van der Waals surface area contributed by atoms with Crippen LogP contribution in [0.15, 0.2) is 48.9 Å². The van der Waals surface area contributed by atoms with Crippen LogP contribution >= 0.6 is 0 Å². The summed E-state index contributed by atoms with van der Waals surface area (Å²) in [6.45, 7) is 4.93. The van der Waals surface area contributed by atoms with Crippen molar-refractivity contribution in [3.8, 4) is 17.3 Å². The van der Waals surface area contributed by atoms with E-state index in [0.717, 1.165) is 35.7 Å². The van der Waals surface area contributed by atoms with Crippen LogP contribution < -0.4 is 9.80 Å². The predicted molar refractivity (Wildman–Crippen MR) is 117 cm³/mol. The molecule has 2 aromatic heterocycles. The molecule has 1 saturated heterocycles. The standard InChI is InChI=1S/C23H26N6O/c1-4-17-13-19(30)23(5-2)15-27(3)18-14-25-22(26-21(18)29(17)23)28-12-11-24-20(28)16-9-7-6-8-10-16/h6-12,14,17H,4-5,13,15H2,1-3H3/t17-,23+/m1/s1. The lowest BCUT2D eigenvalue weighted by molar-refractivity contribution is -0.121. The topological polar surface area (TPSA) is 67.2 Å². The summed E-state index contributed by atoms with van der Waals surface area (Å²) in [6.07, 6.45) is 7.79. The number of fused-ring (bicyclic) bond motifs is 3. The number of imidazole rings is 1. The van der Waals surface area contributed by atoms with Crippen molar-refractivity contribution < 1.29 is 4.79 Å². The Morgan fingerprint density at radius 2 is 1.97 bits per heavy atom. The van der Waals surface area contributed by atoms with Gasteiger partial charge in [0.15, 0.2) is 11.6 Å². The number of nitrogens with zero attached hydrogens (tertiary/aromatic N) is 6. The van der Waals surface area contributed by atoms with E-state index >= 15 is 0 Å². The average Bonchev–Trinajstić information content (AvgIpc) is 3.37. The molecule has 0 saturated carbocycles. The molecule has 3 aromatic rings. The van der Waals surface area contributed by atoms with Gasteiger partial charge in [0, 0.05) is 44.0 Å². The van der Waals surface area contributed by atoms with Gasteiger partial charge in [0.1, 0.15) is 11.4 Å². The highest BCUT2D eigenvalue weighted by molar-refractivity contribution is 5.99. The van der Waals surface area contributed by atoms with E-state index < -0.39 is 5.54 Å². The number of Topliss-reactive ketones (excluding diaryl/α,β-unsaturated/α-hetero) is 1. The Bertz CT molecular complexity index is 1090. The first-order valence-corrected chi connectivity index (χ1v) is 10.6. The van der Waals surface area contributed by atoms with E-state index in [4.69, 9.17) is 4.98 Å². The first-order chi connectivity index (χ1) is 14.6. The minimum absolute atomic E-state index is 0.170. The molecule has 1 aromatic carbocycles. The van der Waals surface area contributed by atoms with E-state index in [2.05, 4.69) is 33.6 Å². The van der Waals surface area contributed by atoms with E-state index in [-0.39, 0.29) is 6.04 Å². The smallest absolute Gasteiger partial charge is 0.237 e. The van der Waals surface area contributed by atoms with Crippen LogP contribution in [0.2, 0.25) is 0 Å². The zero-order valence-electron chi connectivity index (χ0n) is 17.6. The van der Waals surface area contributed by atoms with Gasteiger partial charge in [0.05, 0.1) is 11.9 Å². The van der Waals surface area contributed by atoms with E-state index in [1.54, 1.807) is 6.20 Å². The number of hydrogen-bond acceptors (Lipinski definition) is 6. The summed E-state index contributed by atoms with van der Waals surface area (Å²) in [6, 6.07) is 10.2. The summed E-state index contributed by atoms with van der Waals surface area (Å²) in [5.74, 6) is 2.54. The second-order valence-electron chi connectivity index (χ2n) is 8.17. The van der Waals surface area contributed by atoms with E-state index in [0.29, 0.717) is 24.7 Å². The molecule has 0 unspecified atom stereocenters. The van der Waals surface area contributed by atoms with Gasteiger partial charge in [0.25, 0.3) is 0 Å². The molecule has 7 heteroatoms. The molecule has 2 atom stereocenters. The van der Waals surface area contributed by atoms with Crippen LogP contribution in [0.5, 0.6) is 0 Å². The highest BCUT2D eigenvalue weighted by Gasteiger charge is 2.55. The monoisotopic (exact) mass is 402 g/mol. The van der Waals surface area contributed by atoms with Crippen molar-refractivity contribution in [1.29, 1.82) is 0 Å². The average molecular weight is 403 g/mol. The van der Waals surface area contributed by atoms with Gasteiger partial charge in [-0.25, -0.2) is 9.97 Å². The van der Waals surface area contributed by atoms with Crippen molar-refractivity contribution >= 4 is 17.3 Å². The Kier molecular flexibility index (Phi) is 4.34. The number of anilines is 2. The first-order valence-electron chi connectivity index (χ1n) is 10.6. The normalized spacial score (nSPS) is 22.9. The Morgan fingerprint density at radius 1 is 1.17 bits per heavy atom. The minimum Gasteiger partial charge on any atom is -0.368 e. The largest absolute Gasteiger partial charge is 0.368 e. The van der Waals surface area contributed by atoms with Gasteiger partial charge in [-0.1, -0.05) is 44.2 Å². The summed E-state index contributed by atoms with van der Waals surface area (Å²) in [5.41, 5.74) is 1.47. The van der Waals surface area contributed by atoms with E-state index in [1.807, 2.05) is 54.3 Å². The molecule has 0 radical (unpaired) electrons. The van der Waals surface area contributed by atoms with E-state index in [1.165, 1.54) is 0 Å². The van der Waals surface area contributed by atoms with Crippen molar-refractivity contribution in [1.82, 2.24) is 19.5 Å². The van der Waals surface area contributed by atoms with Crippen LogP contribution in [0.3, 0.4) is 0 Å². The van der Waals surface area contributed by atoms with E-state index in [9.17, 15) is 4.79 Å². The van der Waals surface area contributed by atoms with Gasteiger partial charge in [-0.3, -0.25) is 9.36 Å². The summed E-state index contributed by atoms with van der Waals surface area (Å²) in [5, 5.41) is 0. The number of aromatic nitrogens is 4. The zero-order valence-corrected chi connectivity index (χ0v) is 17.6. The molecule has 5 rings (SSSR count). The Labute approximate surface area is 176 Å². The van der Waals surface area contributed by atoms with Crippen LogP contribution in [0, 0.1) is 0 Å². The first kappa shape index (κ1) is 18.8. The molecular weight excluding hydrogens is 376 g/mol. The van der Waals surface area contributed by atoms with Crippen LogP contribution in [0.4, 0.5) is 11.5 Å². The molecule has 30 heavy (non-hydrogen) atoms. The molecule has 7 nitrogen and oxygen atoms in total. The second kappa shape index (κ2) is 6.93. The van der Waals surface area contributed by atoms with Gasteiger partial charge in [-0.05, 0) is 12.8 Å². The summed E-state index contributed by atoms with van der Waals surface area (Å²) in [7, 11) is 2.02. The molecule has 4 heterocycles. The second-order valence-corrected chi connectivity index (χ2v) is 8.17. The van der Waals surface area contributed by atoms with Gasteiger partial charge >= 0.3 is 0 Å². The number of ketones is 1. The molecule has 0 bridgehead atoms. The molecule has 1 fully saturated rings. The highest BCUT2D eigenvalue weighted by Crippen LogP contribution is 2.46. The molecule has 2 aliphatic heterocycles. The van der Waals surface area contributed by atoms with Crippen LogP contribution in [-0.4, -0.2) is 50.5 Å². The molecule has 0 N–H and O–H groups in total. The van der Waals surface area contributed by atoms with Gasteiger partial charge in [-0.2, -0.15) is 4.98 Å². The van der Waals surface area contributed by atoms with Crippen LogP contribution in [0.25, 0.3) is 17.3 Å². The summed E-state index contributed by atoms with van der Waals surface area (Å²) in [4.78, 5) is 31.7. The Balaban J connectivity index is 1.66. The number of rotatable bonds is 4. The number of likely N-dealkylation sites (N-methyl/N-ethyl adjacent to an activating group) is 1. The maximum Gasteiger partial charge on any atom is 0.237 e. The zero-order chi connectivity index (χ0) is 20.9. The van der Waals surface area contributed by atoms with Crippen LogP contribution in [0.1, 0.15) is 33.1 Å². The van der Waals surface area contributed by atoms with Crippen molar-refractivity contribution in [2.75, 3.05) is 23.4 Å². The maximum atomic E-state index is 13.1. The fourth-order valence-corrected chi connectivity index (χ4v) is 4.99. The predicted octanol–water partition coefficient (Wildman–Crippen LogP) is 3.49. The SMILES string of the molecule is CC[C@@H]1CC(=O)[C@]2(CC)CN(C)c3cnc(-n4ccnc4-c4ccccc4)nc3N12.